The van der Waals surface area contributed by atoms with Crippen molar-refractivity contribution in [3.63, 3.8) is 0 Å². The number of esters is 2. The Morgan fingerprint density at radius 3 is 2.04 bits per heavy atom. The van der Waals surface area contributed by atoms with Crippen LogP contribution in [-0.4, -0.2) is 25.2 Å². The highest BCUT2D eigenvalue weighted by molar-refractivity contribution is 5.82. The molecule has 3 unspecified atom stereocenters. The van der Waals surface area contributed by atoms with Gasteiger partial charge in [0.15, 0.2) is 0 Å². The van der Waals surface area contributed by atoms with Crippen LogP contribution in [0.2, 0.25) is 0 Å². The number of carbonyl (C=O) groups is 2. The Hall–Kier alpha value is -1.32. The highest BCUT2D eigenvalue weighted by atomic mass is 16.5. The quantitative estimate of drug-likeness (QED) is 0.216. The average Bonchev–Trinajstić information content (AvgIpc) is 2.70. The largest absolute Gasteiger partial charge is 0.465 e. The van der Waals surface area contributed by atoms with Gasteiger partial charge in [-0.25, -0.2) is 0 Å². The van der Waals surface area contributed by atoms with E-state index in [-0.39, 0.29) is 11.9 Å². The zero-order chi connectivity index (χ0) is 19.9. The second-order valence-corrected chi connectivity index (χ2v) is 7.78. The summed E-state index contributed by atoms with van der Waals surface area (Å²) in [5.74, 6) is -0.851. The van der Waals surface area contributed by atoms with Crippen LogP contribution in [0.15, 0.2) is 12.2 Å². The third-order valence-electron chi connectivity index (χ3n) is 5.53. The summed E-state index contributed by atoms with van der Waals surface area (Å²) >= 11 is 0. The maximum Gasteiger partial charge on any atom is 0.310 e. The van der Waals surface area contributed by atoms with Crippen molar-refractivity contribution in [3.05, 3.63) is 12.2 Å². The van der Waals surface area contributed by atoms with E-state index in [2.05, 4.69) is 20.8 Å². The van der Waals surface area contributed by atoms with E-state index in [1.807, 2.05) is 12.2 Å². The van der Waals surface area contributed by atoms with Gasteiger partial charge in [-0.1, -0.05) is 77.9 Å². The average molecular weight is 381 g/mol. The van der Waals surface area contributed by atoms with E-state index in [4.69, 9.17) is 9.47 Å². The molecule has 0 amide bonds. The highest BCUT2D eigenvalue weighted by Gasteiger charge is 2.36. The number of unbranched alkanes of at least 4 members (excludes halogenated alkanes) is 5. The summed E-state index contributed by atoms with van der Waals surface area (Å²) in [4.78, 5) is 25.1. The molecule has 0 heterocycles. The fourth-order valence-electron chi connectivity index (χ4n) is 3.53. The molecule has 156 valence electrons. The second kappa shape index (κ2) is 14.7. The van der Waals surface area contributed by atoms with Crippen LogP contribution in [0.5, 0.6) is 0 Å². The topological polar surface area (TPSA) is 52.6 Å². The maximum atomic E-state index is 12.6. The predicted molar refractivity (Wildman–Crippen MR) is 109 cm³/mol. The fourth-order valence-corrected chi connectivity index (χ4v) is 3.53. The minimum Gasteiger partial charge on any atom is -0.465 e. The van der Waals surface area contributed by atoms with Crippen molar-refractivity contribution < 1.29 is 19.1 Å². The first kappa shape index (κ1) is 23.7. The lowest BCUT2D eigenvalue weighted by Crippen LogP contribution is -2.34. The van der Waals surface area contributed by atoms with Gasteiger partial charge in [0.05, 0.1) is 25.0 Å². The van der Waals surface area contributed by atoms with E-state index in [1.165, 1.54) is 19.3 Å². The van der Waals surface area contributed by atoms with Crippen molar-refractivity contribution in [3.8, 4) is 0 Å². The summed E-state index contributed by atoms with van der Waals surface area (Å²) in [6, 6.07) is 0. The number of carbonyl (C=O) groups excluding carboxylic acids is 2. The molecule has 0 bridgehead atoms. The van der Waals surface area contributed by atoms with E-state index < -0.39 is 11.8 Å². The summed E-state index contributed by atoms with van der Waals surface area (Å²) < 4.78 is 11.1. The minimum absolute atomic E-state index is 0.237. The van der Waals surface area contributed by atoms with Crippen molar-refractivity contribution in [2.75, 3.05) is 13.2 Å². The normalized spacial score (nSPS) is 20.3. The molecule has 0 aromatic carbocycles. The van der Waals surface area contributed by atoms with Gasteiger partial charge in [-0.05, 0) is 31.6 Å². The number of hydrogen-bond donors (Lipinski definition) is 0. The van der Waals surface area contributed by atoms with Crippen LogP contribution in [-0.2, 0) is 19.1 Å². The maximum absolute atomic E-state index is 12.6. The van der Waals surface area contributed by atoms with Gasteiger partial charge in [0.2, 0.25) is 0 Å². The van der Waals surface area contributed by atoms with E-state index in [0.29, 0.717) is 32.0 Å². The van der Waals surface area contributed by atoms with Crippen LogP contribution in [0, 0.1) is 17.8 Å². The molecule has 27 heavy (non-hydrogen) atoms. The molecular formula is C23H40O4. The van der Waals surface area contributed by atoms with Crippen molar-refractivity contribution >= 4 is 11.9 Å². The Morgan fingerprint density at radius 2 is 1.44 bits per heavy atom. The summed E-state index contributed by atoms with van der Waals surface area (Å²) in [6.45, 7) is 7.42. The lowest BCUT2D eigenvalue weighted by Gasteiger charge is -2.26. The third-order valence-corrected chi connectivity index (χ3v) is 5.53. The molecule has 0 aromatic heterocycles. The lowest BCUT2D eigenvalue weighted by molar-refractivity contribution is -0.162. The first-order valence-electron chi connectivity index (χ1n) is 11.1. The second-order valence-electron chi connectivity index (χ2n) is 7.78. The molecule has 1 aliphatic carbocycles. The molecule has 3 atom stereocenters. The van der Waals surface area contributed by atoms with Crippen molar-refractivity contribution in [2.24, 2.45) is 17.8 Å². The van der Waals surface area contributed by atoms with Crippen molar-refractivity contribution in [1.82, 2.24) is 0 Å². The van der Waals surface area contributed by atoms with E-state index in [0.717, 1.165) is 38.5 Å². The van der Waals surface area contributed by atoms with Crippen LogP contribution in [0.1, 0.15) is 91.4 Å². The lowest BCUT2D eigenvalue weighted by atomic mass is 9.83. The molecular weight excluding hydrogens is 340 g/mol. The zero-order valence-corrected chi connectivity index (χ0v) is 17.7. The number of allylic oxidation sites excluding steroid dienone is 2. The van der Waals surface area contributed by atoms with Crippen LogP contribution >= 0.6 is 0 Å². The first-order chi connectivity index (χ1) is 13.1. The Morgan fingerprint density at radius 1 is 0.852 bits per heavy atom. The van der Waals surface area contributed by atoms with Crippen molar-refractivity contribution in [1.29, 1.82) is 0 Å². The minimum atomic E-state index is -0.397. The van der Waals surface area contributed by atoms with Gasteiger partial charge in [0, 0.05) is 0 Å². The molecule has 0 aliphatic heterocycles. The van der Waals surface area contributed by atoms with E-state index in [9.17, 15) is 9.59 Å². The van der Waals surface area contributed by atoms with Gasteiger partial charge in [0.1, 0.15) is 0 Å². The molecule has 0 aromatic rings. The van der Waals surface area contributed by atoms with Crippen LogP contribution < -0.4 is 0 Å². The summed E-state index contributed by atoms with van der Waals surface area (Å²) in [5.41, 5.74) is 0. The van der Waals surface area contributed by atoms with Gasteiger partial charge in [0.25, 0.3) is 0 Å². The predicted octanol–water partition coefficient (Wildman–Crippen LogP) is 5.84. The highest BCUT2D eigenvalue weighted by Crippen LogP contribution is 2.28. The number of ether oxygens (including phenoxy) is 2. The fraction of sp³-hybridized carbons (Fsp3) is 0.826. The molecule has 0 saturated heterocycles. The van der Waals surface area contributed by atoms with Crippen LogP contribution in [0.3, 0.4) is 0 Å². The van der Waals surface area contributed by atoms with Gasteiger partial charge >= 0.3 is 11.9 Å². The molecule has 1 aliphatic rings. The Balaban J connectivity index is 2.43. The summed E-state index contributed by atoms with van der Waals surface area (Å²) in [5, 5.41) is 0. The van der Waals surface area contributed by atoms with Crippen molar-refractivity contribution in [2.45, 2.75) is 91.4 Å². The Bertz CT molecular complexity index is 444. The van der Waals surface area contributed by atoms with Gasteiger partial charge in [-0.15, -0.1) is 0 Å². The van der Waals surface area contributed by atoms with Gasteiger partial charge in [-0.3, -0.25) is 9.59 Å². The summed E-state index contributed by atoms with van der Waals surface area (Å²) in [7, 11) is 0. The molecule has 0 fully saturated rings. The Kier molecular flexibility index (Phi) is 12.9. The van der Waals surface area contributed by atoms with Crippen LogP contribution in [0.25, 0.3) is 0 Å². The SMILES string of the molecule is CCCCCCCOC(=O)C1CC=CCC1C(=O)OCC(CC)CCCC. The van der Waals surface area contributed by atoms with E-state index in [1.54, 1.807) is 0 Å². The molecule has 0 saturated carbocycles. The molecule has 0 spiro atoms. The monoisotopic (exact) mass is 380 g/mol. The van der Waals surface area contributed by atoms with Gasteiger partial charge < -0.3 is 9.47 Å². The summed E-state index contributed by atoms with van der Waals surface area (Å²) in [6.07, 6.45) is 15.1. The standard InChI is InChI=1S/C23H40O4/c1-4-7-9-10-13-17-26-22(24)20-15-11-12-16-21(20)23(25)27-18-19(6-3)14-8-5-2/h11-12,19-21H,4-10,13-18H2,1-3H3. The molecule has 0 radical (unpaired) electrons. The smallest absolute Gasteiger partial charge is 0.310 e. The van der Waals surface area contributed by atoms with Crippen LogP contribution in [0.4, 0.5) is 0 Å². The first-order valence-corrected chi connectivity index (χ1v) is 11.1. The Labute approximate surface area is 166 Å². The van der Waals surface area contributed by atoms with Gasteiger partial charge in [-0.2, -0.15) is 0 Å². The third kappa shape index (κ3) is 9.44. The van der Waals surface area contributed by atoms with E-state index >= 15 is 0 Å². The molecule has 4 heteroatoms. The molecule has 1 rings (SSSR count). The zero-order valence-electron chi connectivity index (χ0n) is 17.7. The number of hydrogen-bond acceptors (Lipinski definition) is 4. The number of rotatable bonds is 14. The molecule has 4 nitrogen and oxygen atoms in total. The molecule has 0 N–H and O–H groups in total.